The van der Waals surface area contributed by atoms with Crippen LogP contribution in [-0.4, -0.2) is 38.9 Å². The molecule has 1 aliphatic heterocycles. The molecule has 0 bridgehead atoms. The van der Waals surface area contributed by atoms with Crippen molar-refractivity contribution in [2.75, 3.05) is 13.1 Å². The van der Waals surface area contributed by atoms with Crippen LogP contribution >= 0.6 is 15.9 Å². The van der Waals surface area contributed by atoms with Crippen molar-refractivity contribution in [2.45, 2.75) is 24.6 Å². The average molecular weight is 328 g/mol. The van der Waals surface area contributed by atoms with Gasteiger partial charge in [-0.2, -0.15) is 0 Å². The maximum atomic E-state index is 12.3. The Kier molecular flexibility index (Phi) is 4.34. The molecular weight excluding hydrogens is 310 g/mol. The van der Waals surface area contributed by atoms with Crippen molar-refractivity contribution in [1.82, 2.24) is 4.90 Å². The Hall–Kier alpha value is -1.23. The molecule has 1 aromatic rings. The predicted molar refractivity (Wildman–Crippen MR) is 76.8 cm³/mol. The lowest BCUT2D eigenvalue weighted by Gasteiger charge is -2.33. The number of carbonyl (C=O) groups excluding carboxylic acids is 1. The summed E-state index contributed by atoms with van der Waals surface area (Å²) in [5, 5.41) is 19.1. The SMILES string of the molecule is CC(Br)C1CCN(C(=O)c2cc(O)ccc2O)CC1. The summed E-state index contributed by atoms with van der Waals surface area (Å²) < 4.78 is 0. The Morgan fingerprint density at radius 3 is 2.58 bits per heavy atom. The summed E-state index contributed by atoms with van der Waals surface area (Å²) in [6, 6.07) is 4.03. The molecule has 0 radical (unpaired) electrons. The molecule has 19 heavy (non-hydrogen) atoms. The first kappa shape index (κ1) is 14.2. The van der Waals surface area contributed by atoms with Gasteiger partial charge in [0, 0.05) is 17.9 Å². The van der Waals surface area contributed by atoms with Crippen LogP contribution in [0.1, 0.15) is 30.1 Å². The number of alkyl halides is 1. The minimum absolute atomic E-state index is 0.00915. The van der Waals surface area contributed by atoms with E-state index in [4.69, 9.17) is 0 Å². The summed E-state index contributed by atoms with van der Waals surface area (Å²) in [4.78, 5) is 14.5. The molecule has 2 rings (SSSR count). The molecule has 2 N–H and O–H groups in total. The quantitative estimate of drug-likeness (QED) is 0.648. The van der Waals surface area contributed by atoms with Crippen LogP contribution in [0.2, 0.25) is 0 Å². The Bertz CT molecular complexity index is 468. The van der Waals surface area contributed by atoms with Crippen molar-refractivity contribution in [3.63, 3.8) is 0 Å². The van der Waals surface area contributed by atoms with Gasteiger partial charge in [0.05, 0.1) is 5.56 Å². The predicted octanol–water partition coefficient (Wildman–Crippen LogP) is 2.73. The maximum Gasteiger partial charge on any atom is 0.257 e. The van der Waals surface area contributed by atoms with Gasteiger partial charge in [-0.25, -0.2) is 0 Å². The number of benzene rings is 1. The molecule has 4 nitrogen and oxygen atoms in total. The minimum atomic E-state index is -0.214. The van der Waals surface area contributed by atoms with Gasteiger partial charge in [0.2, 0.25) is 0 Å². The first-order valence-corrected chi connectivity index (χ1v) is 7.36. The zero-order valence-electron chi connectivity index (χ0n) is 10.8. The van der Waals surface area contributed by atoms with Gasteiger partial charge in [-0.15, -0.1) is 0 Å². The summed E-state index contributed by atoms with van der Waals surface area (Å²) in [5.74, 6) is 0.278. The Morgan fingerprint density at radius 1 is 1.37 bits per heavy atom. The van der Waals surface area contributed by atoms with Crippen molar-refractivity contribution in [3.05, 3.63) is 23.8 Å². The molecule has 1 heterocycles. The Labute approximate surface area is 121 Å². The highest BCUT2D eigenvalue weighted by molar-refractivity contribution is 9.09. The van der Waals surface area contributed by atoms with Crippen LogP contribution in [-0.2, 0) is 0 Å². The number of nitrogens with zero attached hydrogens (tertiary/aromatic N) is 1. The fraction of sp³-hybridized carbons (Fsp3) is 0.500. The molecule has 1 amide bonds. The third-order valence-electron chi connectivity index (χ3n) is 3.69. The van der Waals surface area contributed by atoms with Crippen LogP contribution in [0.25, 0.3) is 0 Å². The lowest BCUT2D eigenvalue weighted by atomic mass is 9.94. The molecule has 1 fully saturated rings. The topological polar surface area (TPSA) is 60.8 Å². The van der Waals surface area contributed by atoms with Gasteiger partial charge in [0.25, 0.3) is 5.91 Å². The molecule has 1 atom stereocenters. The summed E-state index contributed by atoms with van der Waals surface area (Å²) in [5.41, 5.74) is 0.172. The summed E-state index contributed by atoms with van der Waals surface area (Å²) in [6.07, 6.45) is 1.91. The van der Waals surface area contributed by atoms with Crippen LogP contribution in [0, 0.1) is 5.92 Å². The summed E-state index contributed by atoms with van der Waals surface area (Å²) >= 11 is 3.58. The monoisotopic (exact) mass is 327 g/mol. The number of rotatable bonds is 2. The maximum absolute atomic E-state index is 12.3. The fourth-order valence-electron chi connectivity index (χ4n) is 2.43. The number of hydrogen-bond donors (Lipinski definition) is 2. The molecule has 0 aromatic heterocycles. The molecule has 1 aliphatic rings. The van der Waals surface area contributed by atoms with Gasteiger partial charge in [0.15, 0.2) is 0 Å². The molecule has 104 valence electrons. The van der Waals surface area contributed by atoms with Gasteiger partial charge < -0.3 is 15.1 Å². The summed E-state index contributed by atoms with van der Waals surface area (Å²) in [6.45, 7) is 3.51. The molecular formula is C14H18BrNO3. The van der Waals surface area contributed by atoms with E-state index in [1.807, 2.05) is 0 Å². The van der Waals surface area contributed by atoms with Crippen molar-refractivity contribution in [3.8, 4) is 11.5 Å². The average Bonchev–Trinajstić information content (AvgIpc) is 2.41. The Balaban J connectivity index is 2.07. The number of carbonyl (C=O) groups is 1. The van der Waals surface area contributed by atoms with Crippen LogP contribution in [0.5, 0.6) is 11.5 Å². The van der Waals surface area contributed by atoms with Gasteiger partial charge in [-0.1, -0.05) is 22.9 Å². The fourth-order valence-corrected chi connectivity index (χ4v) is 2.96. The number of hydrogen-bond acceptors (Lipinski definition) is 3. The van der Waals surface area contributed by atoms with E-state index in [0.29, 0.717) is 23.8 Å². The normalized spacial score (nSPS) is 18.3. The van der Waals surface area contributed by atoms with Crippen molar-refractivity contribution in [2.24, 2.45) is 5.92 Å². The second-order valence-electron chi connectivity index (χ2n) is 5.01. The third-order valence-corrected chi connectivity index (χ3v) is 4.43. The van der Waals surface area contributed by atoms with E-state index in [2.05, 4.69) is 22.9 Å². The van der Waals surface area contributed by atoms with Crippen LogP contribution in [0.3, 0.4) is 0 Å². The first-order valence-electron chi connectivity index (χ1n) is 6.44. The Morgan fingerprint density at radius 2 is 2.00 bits per heavy atom. The second kappa shape index (κ2) is 5.82. The number of halogens is 1. The van der Waals surface area contributed by atoms with Crippen molar-refractivity contribution in [1.29, 1.82) is 0 Å². The largest absolute Gasteiger partial charge is 0.508 e. The number of likely N-dealkylation sites (tertiary alicyclic amines) is 1. The lowest BCUT2D eigenvalue weighted by Crippen LogP contribution is -2.39. The van der Waals surface area contributed by atoms with E-state index in [1.165, 1.54) is 18.2 Å². The lowest BCUT2D eigenvalue weighted by molar-refractivity contribution is 0.0688. The van der Waals surface area contributed by atoms with E-state index in [9.17, 15) is 15.0 Å². The zero-order valence-corrected chi connectivity index (χ0v) is 12.4. The third kappa shape index (κ3) is 3.21. The van der Waals surface area contributed by atoms with Gasteiger partial charge >= 0.3 is 0 Å². The molecule has 0 saturated carbocycles. The number of aromatic hydroxyl groups is 2. The van der Waals surface area contributed by atoms with E-state index >= 15 is 0 Å². The van der Waals surface area contributed by atoms with E-state index in [0.717, 1.165) is 12.8 Å². The van der Waals surface area contributed by atoms with E-state index in [-0.39, 0.29) is 23.0 Å². The van der Waals surface area contributed by atoms with Gasteiger partial charge in [-0.05, 0) is 37.0 Å². The van der Waals surface area contributed by atoms with Crippen molar-refractivity contribution >= 4 is 21.8 Å². The zero-order chi connectivity index (χ0) is 14.0. The standard InChI is InChI=1S/C14H18BrNO3/c1-9(15)10-4-6-16(7-5-10)14(19)12-8-11(17)2-3-13(12)18/h2-3,8-10,17-18H,4-7H2,1H3. The minimum Gasteiger partial charge on any atom is -0.508 e. The molecule has 0 aliphatic carbocycles. The molecule has 1 unspecified atom stereocenters. The highest BCUT2D eigenvalue weighted by atomic mass is 79.9. The number of amides is 1. The molecule has 5 heteroatoms. The van der Waals surface area contributed by atoms with Gasteiger partial charge in [0.1, 0.15) is 11.5 Å². The van der Waals surface area contributed by atoms with Crippen LogP contribution in [0.4, 0.5) is 0 Å². The highest BCUT2D eigenvalue weighted by Gasteiger charge is 2.27. The van der Waals surface area contributed by atoms with E-state index in [1.54, 1.807) is 4.90 Å². The van der Waals surface area contributed by atoms with E-state index < -0.39 is 0 Å². The van der Waals surface area contributed by atoms with Crippen molar-refractivity contribution < 1.29 is 15.0 Å². The highest BCUT2D eigenvalue weighted by Crippen LogP contribution is 2.28. The first-order chi connectivity index (χ1) is 8.99. The molecule has 1 aromatic carbocycles. The smallest absolute Gasteiger partial charge is 0.257 e. The molecule has 1 saturated heterocycles. The molecule has 0 spiro atoms. The van der Waals surface area contributed by atoms with Crippen LogP contribution < -0.4 is 0 Å². The number of phenols is 2. The van der Waals surface area contributed by atoms with Gasteiger partial charge in [-0.3, -0.25) is 4.79 Å². The van der Waals surface area contributed by atoms with Crippen LogP contribution in [0.15, 0.2) is 18.2 Å². The summed E-state index contributed by atoms with van der Waals surface area (Å²) in [7, 11) is 0. The number of piperidine rings is 1. The second-order valence-corrected chi connectivity index (χ2v) is 6.45. The number of phenolic OH excluding ortho intramolecular Hbond substituents is 2.